The van der Waals surface area contributed by atoms with E-state index in [2.05, 4.69) is 15.6 Å². The van der Waals surface area contributed by atoms with E-state index in [-0.39, 0.29) is 18.1 Å². The number of nitrogens with one attached hydrogen (secondary N) is 2. The number of nitrogens with zero attached hydrogens (tertiary/aromatic N) is 2. The number of carbonyl (C=O) groups excluding carboxylic acids is 2. The van der Waals surface area contributed by atoms with E-state index in [0.29, 0.717) is 0 Å². The van der Waals surface area contributed by atoms with Gasteiger partial charge in [0, 0.05) is 0 Å². The number of rotatable bonds is 1. The van der Waals surface area contributed by atoms with Crippen molar-refractivity contribution in [2.75, 3.05) is 0 Å². The van der Waals surface area contributed by atoms with E-state index in [0.717, 1.165) is 0 Å². The number of imide groups is 1. The van der Waals surface area contributed by atoms with Crippen LogP contribution in [0.4, 0.5) is 9.59 Å². The van der Waals surface area contributed by atoms with Crippen molar-refractivity contribution in [3.8, 4) is 0 Å². The number of fused-ring (bicyclic) bond motifs is 1. The number of amides is 4. The van der Waals surface area contributed by atoms with Crippen LogP contribution in [0, 0.1) is 5.92 Å². The zero-order valence-electron chi connectivity index (χ0n) is 8.02. The maximum absolute atomic E-state index is 11.3. The van der Waals surface area contributed by atoms with Crippen molar-refractivity contribution in [1.29, 1.82) is 0 Å². The van der Waals surface area contributed by atoms with Crippen LogP contribution in [0.15, 0.2) is 4.99 Å². The van der Waals surface area contributed by atoms with Gasteiger partial charge in [0.1, 0.15) is 6.17 Å². The highest BCUT2D eigenvalue weighted by molar-refractivity contribution is 6.01. The summed E-state index contributed by atoms with van der Waals surface area (Å²) in [5.41, 5.74) is 0. The molecule has 2 N–H and O–H groups in total. The topological polar surface area (TPSA) is 73.8 Å². The fraction of sp³-hybridized carbons (Fsp3) is 0.625. The van der Waals surface area contributed by atoms with Gasteiger partial charge in [0.05, 0.1) is 12.4 Å². The molecule has 0 radical (unpaired) electrons. The van der Waals surface area contributed by atoms with Crippen molar-refractivity contribution in [1.82, 2.24) is 15.5 Å². The van der Waals surface area contributed by atoms with Crippen LogP contribution >= 0.6 is 0 Å². The van der Waals surface area contributed by atoms with Crippen LogP contribution in [0.25, 0.3) is 0 Å². The van der Waals surface area contributed by atoms with Crippen LogP contribution in [0.2, 0.25) is 0 Å². The lowest BCUT2D eigenvalue weighted by Gasteiger charge is -2.32. The van der Waals surface area contributed by atoms with Gasteiger partial charge in [-0.3, -0.25) is 15.2 Å². The summed E-state index contributed by atoms with van der Waals surface area (Å²) in [6.07, 6.45) is 1.15. The summed E-state index contributed by atoms with van der Waals surface area (Å²) >= 11 is 0. The van der Waals surface area contributed by atoms with Gasteiger partial charge in [0.15, 0.2) is 0 Å². The third-order valence-corrected chi connectivity index (χ3v) is 2.40. The van der Waals surface area contributed by atoms with Gasteiger partial charge in [0.2, 0.25) is 0 Å². The lowest BCUT2D eigenvalue weighted by Crippen LogP contribution is -2.64. The second-order valence-corrected chi connectivity index (χ2v) is 3.75. The third kappa shape index (κ3) is 1.23. The predicted molar refractivity (Wildman–Crippen MR) is 49.8 cm³/mol. The molecule has 76 valence electrons. The molecule has 0 aromatic carbocycles. The van der Waals surface area contributed by atoms with E-state index in [4.69, 9.17) is 0 Å². The normalized spacial score (nSPS) is 30.4. The van der Waals surface area contributed by atoms with Gasteiger partial charge in [-0.15, -0.1) is 0 Å². The van der Waals surface area contributed by atoms with Gasteiger partial charge >= 0.3 is 12.1 Å². The number of aliphatic imine (C=N–C) groups is 1. The number of hydrogen-bond donors (Lipinski definition) is 2. The molecular weight excluding hydrogens is 184 g/mol. The maximum atomic E-state index is 11.3. The predicted octanol–water partition coefficient (Wildman–Crippen LogP) is 0.114. The molecule has 2 heterocycles. The van der Waals surface area contributed by atoms with Crippen LogP contribution in [0.3, 0.4) is 0 Å². The summed E-state index contributed by atoms with van der Waals surface area (Å²) in [6, 6.07) is -0.914. The molecule has 6 heteroatoms. The van der Waals surface area contributed by atoms with Crippen molar-refractivity contribution in [2.45, 2.75) is 26.1 Å². The highest BCUT2D eigenvalue weighted by Gasteiger charge is 2.40. The molecular formula is C8H12N4O2. The van der Waals surface area contributed by atoms with Crippen molar-refractivity contribution in [2.24, 2.45) is 10.9 Å². The van der Waals surface area contributed by atoms with E-state index in [1.165, 1.54) is 11.2 Å². The Bertz CT molecular complexity index is 312. The van der Waals surface area contributed by atoms with Crippen LogP contribution in [0.5, 0.6) is 0 Å². The molecule has 4 amide bonds. The minimum Gasteiger partial charge on any atom is -0.315 e. The number of urea groups is 2. The molecule has 0 saturated carbocycles. The number of hydrogen-bond acceptors (Lipinski definition) is 3. The van der Waals surface area contributed by atoms with Gasteiger partial charge in [-0.05, 0) is 5.92 Å². The fourth-order valence-corrected chi connectivity index (χ4v) is 1.67. The number of carbonyl (C=O) groups is 2. The van der Waals surface area contributed by atoms with E-state index in [1.807, 2.05) is 13.8 Å². The molecule has 0 aromatic heterocycles. The standard InChI is InChI=1S/C8H12N4O2/c1-4(2)5-6-10-7(13)11-8(14)12(6)3-9-5/h3-6H,1-2H3,(H2,10,11,13,14). The Morgan fingerprint density at radius 3 is 2.86 bits per heavy atom. The van der Waals surface area contributed by atoms with Gasteiger partial charge in [0.25, 0.3) is 0 Å². The maximum Gasteiger partial charge on any atom is 0.332 e. The summed E-state index contributed by atoms with van der Waals surface area (Å²) in [5, 5.41) is 4.83. The molecule has 14 heavy (non-hydrogen) atoms. The second-order valence-electron chi connectivity index (χ2n) is 3.75. The van der Waals surface area contributed by atoms with E-state index in [1.54, 1.807) is 0 Å². The van der Waals surface area contributed by atoms with Gasteiger partial charge < -0.3 is 5.32 Å². The molecule has 2 atom stereocenters. The first kappa shape index (κ1) is 8.98. The first-order chi connectivity index (χ1) is 6.59. The van der Waals surface area contributed by atoms with Crippen molar-refractivity contribution < 1.29 is 9.59 Å². The highest BCUT2D eigenvalue weighted by atomic mass is 16.2. The minimum absolute atomic E-state index is 0.0509. The second kappa shape index (κ2) is 2.97. The van der Waals surface area contributed by atoms with Gasteiger partial charge in [-0.1, -0.05) is 13.8 Å². The van der Waals surface area contributed by atoms with Gasteiger partial charge in [-0.25, -0.2) is 9.59 Å². The molecule has 2 rings (SSSR count). The zero-order chi connectivity index (χ0) is 10.3. The molecule has 2 aliphatic rings. The average Bonchev–Trinajstić information content (AvgIpc) is 2.47. The lowest BCUT2D eigenvalue weighted by molar-refractivity contribution is 0.172. The SMILES string of the molecule is CC(C)C1N=CN2C(=O)NC(=O)NC12. The molecule has 0 bridgehead atoms. The summed E-state index contributed by atoms with van der Waals surface area (Å²) in [4.78, 5) is 28.0. The van der Waals surface area contributed by atoms with Crippen molar-refractivity contribution in [3.05, 3.63) is 0 Å². The van der Waals surface area contributed by atoms with Crippen LogP contribution < -0.4 is 10.6 Å². The fourth-order valence-electron chi connectivity index (χ4n) is 1.67. The molecule has 1 fully saturated rings. The molecule has 2 aliphatic heterocycles. The monoisotopic (exact) mass is 196 g/mol. The Morgan fingerprint density at radius 2 is 2.21 bits per heavy atom. The lowest BCUT2D eigenvalue weighted by atomic mass is 10.0. The largest absolute Gasteiger partial charge is 0.332 e. The van der Waals surface area contributed by atoms with Gasteiger partial charge in [-0.2, -0.15) is 0 Å². The minimum atomic E-state index is -0.451. The smallest absolute Gasteiger partial charge is 0.315 e. The quantitative estimate of drug-likeness (QED) is 0.624. The van der Waals surface area contributed by atoms with E-state index >= 15 is 0 Å². The molecule has 2 unspecified atom stereocenters. The Morgan fingerprint density at radius 1 is 1.50 bits per heavy atom. The molecule has 6 nitrogen and oxygen atoms in total. The van der Waals surface area contributed by atoms with Crippen LogP contribution in [0.1, 0.15) is 13.8 Å². The van der Waals surface area contributed by atoms with Crippen molar-refractivity contribution >= 4 is 18.4 Å². The molecule has 0 aromatic rings. The molecule has 0 spiro atoms. The molecule has 0 aliphatic carbocycles. The Kier molecular flexibility index (Phi) is 1.90. The van der Waals surface area contributed by atoms with Crippen LogP contribution in [-0.4, -0.2) is 35.5 Å². The first-order valence-electron chi connectivity index (χ1n) is 4.52. The summed E-state index contributed by atoms with van der Waals surface area (Å²) in [5.74, 6) is 0.285. The Balaban J connectivity index is 2.20. The zero-order valence-corrected chi connectivity index (χ0v) is 8.02. The molecule has 1 saturated heterocycles. The first-order valence-corrected chi connectivity index (χ1v) is 4.52. The van der Waals surface area contributed by atoms with E-state index in [9.17, 15) is 9.59 Å². The summed E-state index contributed by atoms with van der Waals surface area (Å²) in [7, 11) is 0. The van der Waals surface area contributed by atoms with E-state index < -0.39 is 12.1 Å². The highest BCUT2D eigenvalue weighted by Crippen LogP contribution is 2.20. The Hall–Kier alpha value is -1.59. The third-order valence-electron chi connectivity index (χ3n) is 2.40. The Labute approximate surface area is 81.4 Å². The summed E-state index contributed by atoms with van der Waals surface area (Å²) < 4.78 is 0. The van der Waals surface area contributed by atoms with Crippen LogP contribution in [-0.2, 0) is 0 Å². The summed E-state index contributed by atoms with van der Waals surface area (Å²) in [6.45, 7) is 4.01. The average molecular weight is 196 g/mol. The van der Waals surface area contributed by atoms with Crippen molar-refractivity contribution in [3.63, 3.8) is 0 Å².